The number of benzene rings is 2. The van der Waals surface area contributed by atoms with E-state index < -0.39 is 0 Å². The fraction of sp³-hybridized carbons (Fsp3) is 0.0625. The van der Waals surface area contributed by atoms with Gasteiger partial charge in [0.15, 0.2) is 0 Å². The molecule has 0 aliphatic rings. The van der Waals surface area contributed by atoms with Crippen LogP contribution < -0.4 is 0 Å². The number of hydrogen-bond acceptors (Lipinski definition) is 5. The molecule has 23 heavy (non-hydrogen) atoms. The lowest BCUT2D eigenvalue weighted by Gasteiger charge is -1.98. The van der Waals surface area contributed by atoms with E-state index in [1.165, 1.54) is 11.8 Å². The third-order valence-corrected chi connectivity index (χ3v) is 4.49. The molecule has 0 bridgehead atoms. The third-order valence-electron chi connectivity index (χ3n) is 3.35. The zero-order valence-electron chi connectivity index (χ0n) is 11.9. The quantitative estimate of drug-likeness (QED) is 0.551. The number of nitrogens with one attached hydrogen (secondary N) is 1. The van der Waals surface area contributed by atoms with Gasteiger partial charge < -0.3 is 9.40 Å². The van der Waals surface area contributed by atoms with Gasteiger partial charge in [0.25, 0.3) is 5.22 Å². The Bertz CT molecular complexity index is 948. The van der Waals surface area contributed by atoms with Gasteiger partial charge in [-0.2, -0.15) is 0 Å². The fourth-order valence-electron chi connectivity index (χ4n) is 2.18. The van der Waals surface area contributed by atoms with Crippen LogP contribution in [0.5, 0.6) is 0 Å². The summed E-state index contributed by atoms with van der Waals surface area (Å²) in [5.74, 6) is 1.25. The van der Waals surface area contributed by atoms with Gasteiger partial charge >= 0.3 is 0 Å². The molecule has 2 heterocycles. The van der Waals surface area contributed by atoms with Crippen molar-refractivity contribution in [3.05, 3.63) is 59.4 Å². The molecule has 0 aliphatic carbocycles. The molecule has 2 aromatic heterocycles. The van der Waals surface area contributed by atoms with Crippen molar-refractivity contribution in [1.29, 1.82) is 0 Å². The van der Waals surface area contributed by atoms with E-state index in [4.69, 9.17) is 16.0 Å². The van der Waals surface area contributed by atoms with Crippen molar-refractivity contribution in [3.63, 3.8) is 0 Å². The average Bonchev–Trinajstić information content (AvgIpc) is 3.22. The number of thioether (sulfide) groups is 1. The molecule has 114 valence electrons. The predicted octanol–water partition coefficient (Wildman–Crippen LogP) is 4.56. The Kier molecular flexibility index (Phi) is 3.77. The molecular weight excluding hydrogens is 332 g/mol. The molecule has 4 rings (SSSR count). The summed E-state index contributed by atoms with van der Waals surface area (Å²) in [6, 6.07) is 13.5. The maximum absolute atomic E-state index is 5.88. The fourth-order valence-corrected chi connectivity index (χ4v) is 3.02. The molecule has 1 N–H and O–H groups in total. The summed E-state index contributed by atoms with van der Waals surface area (Å²) in [5, 5.41) is 9.47. The Morgan fingerprint density at radius 2 is 1.96 bits per heavy atom. The van der Waals surface area contributed by atoms with E-state index in [-0.39, 0.29) is 0 Å². The number of imidazole rings is 1. The van der Waals surface area contributed by atoms with E-state index in [0.717, 1.165) is 32.9 Å². The van der Waals surface area contributed by atoms with Gasteiger partial charge in [-0.25, -0.2) is 4.98 Å². The summed E-state index contributed by atoms with van der Waals surface area (Å²) in [7, 11) is 0. The maximum atomic E-state index is 5.88. The Balaban J connectivity index is 1.50. The molecule has 0 aliphatic heterocycles. The van der Waals surface area contributed by atoms with Crippen LogP contribution >= 0.6 is 23.4 Å². The van der Waals surface area contributed by atoms with Gasteiger partial charge in [-0.1, -0.05) is 35.5 Å². The van der Waals surface area contributed by atoms with E-state index in [1.54, 1.807) is 6.33 Å². The average molecular weight is 343 g/mol. The zero-order chi connectivity index (χ0) is 15.6. The van der Waals surface area contributed by atoms with Crippen LogP contribution in [0, 0.1) is 0 Å². The summed E-state index contributed by atoms with van der Waals surface area (Å²) in [4.78, 5) is 7.26. The maximum Gasteiger partial charge on any atom is 0.277 e. The van der Waals surface area contributed by atoms with Crippen LogP contribution in [-0.4, -0.2) is 20.2 Å². The Labute approximate surface area is 141 Å². The van der Waals surface area contributed by atoms with Crippen molar-refractivity contribution in [2.75, 3.05) is 0 Å². The highest BCUT2D eigenvalue weighted by Gasteiger charge is 2.10. The first-order chi connectivity index (χ1) is 11.3. The van der Waals surface area contributed by atoms with Crippen LogP contribution in [0.2, 0.25) is 5.02 Å². The molecule has 0 spiro atoms. The monoisotopic (exact) mass is 342 g/mol. The first-order valence-corrected chi connectivity index (χ1v) is 8.28. The molecule has 0 radical (unpaired) electrons. The molecule has 0 unspecified atom stereocenters. The minimum atomic E-state index is 0.500. The van der Waals surface area contributed by atoms with Gasteiger partial charge in [-0.05, 0) is 35.9 Å². The van der Waals surface area contributed by atoms with Crippen molar-refractivity contribution < 1.29 is 4.42 Å². The van der Waals surface area contributed by atoms with Crippen LogP contribution in [-0.2, 0) is 5.75 Å². The molecule has 0 atom stereocenters. The summed E-state index contributed by atoms with van der Waals surface area (Å²) >= 11 is 7.38. The molecule has 4 aromatic rings. The lowest BCUT2D eigenvalue weighted by atomic mass is 10.2. The van der Waals surface area contributed by atoms with Crippen molar-refractivity contribution >= 4 is 34.4 Å². The molecule has 0 fully saturated rings. The topological polar surface area (TPSA) is 67.6 Å². The van der Waals surface area contributed by atoms with E-state index >= 15 is 0 Å². The summed E-state index contributed by atoms with van der Waals surface area (Å²) in [6.45, 7) is 0. The number of halogens is 1. The van der Waals surface area contributed by atoms with Gasteiger partial charge in [0.05, 0.1) is 17.4 Å². The highest BCUT2D eigenvalue weighted by Crippen LogP contribution is 2.27. The van der Waals surface area contributed by atoms with Crippen molar-refractivity contribution in [3.8, 4) is 11.5 Å². The third kappa shape index (κ3) is 3.09. The second-order valence-electron chi connectivity index (χ2n) is 4.92. The molecule has 5 nitrogen and oxygen atoms in total. The number of aromatic amines is 1. The molecule has 0 saturated carbocycles. The highest BCUT2D eigenvalue weighted by molar-refractivity contribution is 7.98. The van der Waals surface area contributed by atoms with Gasteiger partial charge in [-0.3, -0.25) is 0 Å². The molecule has 0 saturated heterocycles. The highest BCUT2D eigenvalue weighted by atomic mass is 35.5. The second kappa shape index (κ2) is 6.06. The molecular formula is C16H11ClN4OS. The number of aromatic nitrogens is 4. The van der Waals surface area contributed by atoms with E-state index in [0.29, 0.717) is 11.1 Å². The number of nitrogens with zero attached hydrogens (tertiary/aromatic N) is 3. The second-order valence-corrected chi connectivity index (χ2v) is 6.29. The van der Waals surface area contributed by atoms with E-state index in [9.17, 15) is 0 Å². The summed E-state index contributed by atoms with van der Waals surface area (Å²) in [5.41, 5.74) is 3.87. The Hall–Kier alpha value is -2.31. The smallest absolute Gasteiger partial charge is 0.277 e. The number of H-pyrrole nitrogens is 1. The van der Waals surface area contributed by atoms with Gasteiger partial charge in [-0.15, -0.1) is 10.2 Å². The van der Waals surface area contributed by atoms with Gasteiger partial charge in [0, 0.05) is 16.3 Å². The number of hydrogen-bond donors (Lipinski definition) is 1. The lowest BCUT2D eigenvalue weighted by molar-refractivity contribution is 0.466. The molecule has 0 amide bonds. The Morgan fingerprint density at radius 1 is 1.09 bits per heavy atom. The van der Waals surface area contributed by atoms with E-state index in [1.807, 2.05) is 42.5 Å². The lowest BCUT2D eigenvalue weighted by Crippen LogP contribution is -1.79. The standard InChI is InChI=1S/C16H11ClN4OS/c17-12-4-1-10(2-5-12)8-23-16-21-20-15(22-16)11-3-6-13-14(7-11)19-9-18-13/h1-7,9H,8H2,(H,18,19). The van der Waals surface area contributed by atoms with Crippen molar-refractivity contribution in [2.24, 2.45) is 0 Å². The van der Waals surface area contributed by atoms with E-state index in [2.05, 4.69) is 20.2 Å². The first-order valence-electron chi connectivity index (χ1n) is 6.92. The largest absolute Gasteiger partial charge is 0.411 e. The minimum absolute atomic E-state index is 0.500. The zero-order valence-corrected chi connectivity index (χ0v) is 13.4. The van der Waals surface area contributed by atoms with Gasteiger partial charge in [0.1, 0.15) is 0 Å². The van der Waals surface area contributed by atoms with Crippen LogP contribution in [0.1, 0.15) is 5.56 Å². The summed E-state index contributed by atoms with van der Waals surface area (Å²) < 4.78 is 5.72. The predicted molar refractivity (Wildman–Crippen MR) is 90.4 cm³/mol. The van der Waals surface area contributed by atoms with Crippen LogP contribution in [0.15, 0.2) is 58.4 Å². The minimum Gasteiger partial charge on any atom is -0.411 e. The molecule has 2 aromatic carbocycles. The van der Waals surface area contributed by atoms with Crippen LogP contribution in [0.3, 0.4) is 0 Å². The van der Waals surface area contributed by atoms with Gasteiger partial charge in [0.2, 0.25) is 5.89 Å². The van der Waals surface area contributed by atoms with Crippen molar-refractivity contribution in [2.45, 2.75) is 11.0 Å². The normalized spacial score (nSPS) is 11.2. The summed E-state index contributed by atoms with van der Waals surface area (Å²) in [6.07, 6.45) is 1.66. The van der Waals surface area contributed by atoms with Crippen LogP contribution in [0.4, 0.5) is 0 Å². The van der Waals surface area contributed by atoms with Crippen molar-refractivity contribution in [1.82, 2.24) is 20.2 Å². The first kappa shape index (κ1) is 14.3. The number of rotatable bonds is 4. The Morgan fingerprint density at radius 3 is 2.83 bits per heavy atom. The number of fused-ring (bicyclic) bond motifs is 1. The molecule has 7 heteroatoms. The SMILES string of the molecule is Clc1ccc(CSc2nnc(-c3ccc4nc[nH]c4c3)o2)cc1. The van der Waals surface area contributed by atoms with Crippen LogP contribution in [0.25, 0.3) is 22.5 Å².